The first kappa shape index (κ1) is 24.8. The standard InChI is InChI=1S/C34H38O/c1-3-5-6-7-8-10-13-27-16-25-33(34(26-27)30-14-11-9-12-15-30)31-19-17-28(18-20-31)29-21-23-32(24-22-29)35-4-2/h9,11-12,14-26H,3-8,10,13H2,1-2H3. The smallest absolute Gasteiger partial charge is 0.119 e. The topological polar surface area (TPSA) is 9.23 Å². The molecule has 0 saturated heterocycles. The van der Waals surface area contributed by atoms with Crippen molar-refractivity contribution in [2.45, 2.75) is 58.8 Å². The Balaban J connectivity index is 1.55. The lowest BCUT2D eigenvalue weighted by Crippen LogP contribution is -1.92. The summed E-state index contributed by atoms with van der Waals surface area (Å²) < 4.78 is 5.58. The third-order valence-electron chi connectivity index (χ3n) is 6.68. The molecule has 4 rings (SSSR count). The number of benzene rings is 4. The number of aryl methyl sites for hydroxylation is 1. The Kier molecular flexibility index (Phi) is 9.17. The zero-order valence-electron chi connectivity index (χ0n) is 21.3. The van der Waals surface area contributed by atoms with Gasteiger partial charge in [-0.3, -0.25) is 0 Å². The Morgan fingerprint density at radius 2 is 1.11 bits per heavy atom. The van der Waals surface area contributed by atoms with Crippen LogP contribution in [0.3, 0.4) is 0 Å². The molecule has 0 aromatic heterocycles. The fourth-order valence-corrected chi connectivity index (χ4v) is 4.72. The van der Waals surface area contributed by atoms with Crippen molar-refractivity contribution in [3.05, 3.63) is 103 Å². The third kappa shape index (κ3) is 6.85. The van der Waals surface area contributed by atoms with Gasteiger partial charge in [-0.25, -0.2) is 0 Å². The average Bonchev–Trinajstić information content (AvgIpc) is 2.92. The molecule has 0 fully saturated rings. The molecule has 4 aromatic carbocycles. The van der Waals surface area contributed by atoms with Gasteiger partial charge in [0.15, 0.2) is 0 Å². The van der Waals surface area contributed by atoms with E-state index in [2.05, 4.69) is 91.9 Å². The normalized spacial score (nSPS) is 10.9. The van der Waals surface area contributed by atoms with E-state index in [9.17, 15) is 0 Å². The molecule has 0 N–H and O–H groups in total. The minimum absolute atomic E-state index is 0.690. The summed E-state index contributed by atoms with van der Waals surface area (Å²) in [5.41, 5.74) is 9.01. The largest absolute Gasteiger partial charge is 0.494 e. The summed E-state index contributed by atoms with van der Waals surface area (Å²) in [4.78, 5) is 0. The number of hydrogen-bond donors (Lipinski definition) is 0. The van der Waals surface area contributed by atoms with Gasteiger partial charge in [0.05, 0.1) is 6.61 Å². The fourth-order valence-electron chi connectivity index (χ4n) is 4.72. The Hall–Kier alpha value is -3.32. The van der Waals surface area contributed by atoms with Crippen LogP contribution in [0.25, 0.3) is 33.4 Å². The maximum absolute atomic E-state index is 5.58. The SMILES string of the molecule is CCCCCCCCc1ccc(-c2ccc(-c3ccc(OCC)cc3)cc2)c(-c2ccccc2)c1. The van der Waals surface area contributed by atoms with Gasteiger partial charge in [-0.15, -0.1) is 0 Å². The highest BCUT2D eigenvalue weighted by Crippen LogP contribution is 2.34. The zero-order valence-corrected chi connectivity index (χ0v) is 21.3. The van der Waals surface area contributed by atoms with Crippen molar-refractivity contribution in [2.24, 2.45) is 0 Å². The van der Waals surface area contributed by atoms with Crippen LogP contribution in [0.15, 0.2) is 97.1 Å². The van der Waals surface area contributed by atoms with E-state index in [1.165, 1.54) is 77.5 Å². The summed E-state index contributed by atoms with van der Waals surface area (Å²) in [6.07, 6.45) is 9.16. The molecule has 0 unspecified atom stereocenters. The monoisotopic (exact) mass is 462 g/mol. The first-order chi connectivity index (χ1) is 17.3. The Bertz CT molecular complexity index is 1160. The number of rotatable bonds is 12. The molecule has 0 heterocycles. The molecule has 0 aliphatic carbocycles. The lowest BCUT2D eigenvalue weighted by Gasteiger charge is -2.14. The second-order valence-electron chi connectivity index (χ2n) is 9.30. The molecule has 1 nitrogen and oxygen atoms in total. The minimum Gasteiger partial charge on any atom is -0.494 e. The number of unbranched alkanes of at least 4 members (excludes halogenated alkanes) is 5. The summed E-state index contributed by atoms with van der Waals surface area (Å²) >= 11 is 0. The Morgan fingerprint density at radius 1 is 0.514 bits per heavy atom. The van der Waals surface area contributed by atoms with E-state index in [1.54, 1.807) is 0 Å². The highest BCUT2D eigenvalue weighted by atomic mass is 16.5. The van der Waals surface area contributed by atoms with Crippen LogP contribution in [-0.2, 0) is 6.42 Å². The molecule has 0 aliphatic heterocycles. The molecule has 35 heavy (non-hydrogen) atoms. The molecule has 0 radical (unpaired) electrons. The van der Waals surface area contributed by atoms with Gasteiger partial charge in [-0.2, -0.15) is 0 Å². The molecule has 180 valence electrons. The van der Waals surface area contributed by atoms with Crippen molar-refractivity contribution < 1.29 is 4.74 Å². The lowest BCUT2D eigenvalue weighted by atomic mass is 9.91. The van der Waals surface area contributed by atoms with Gasteiger partial charge < -0.3 is 4.74 Å². The van der Waals surface area contributed by atoms with Crippen molar-refractivity contribution in [3.8, 4) is 39.1 Å². The predicted octanol–water partition coefficient (Wildman–Crippen LogP) is 9.99. The van der Waals surface area contributed by atoms with Crippen LogP contribution in [0, 0.1) is 0 Å². The van der Waals surface area contributed by atoms with Crippen LogP contribution >= 0.6 is 0 Å². The zero-order chi connectivity index (χ0) is 24.3. The molecule has 1 heteroatoms. The summed E-state index contributed by atoms with van der Waals surface area (Å²) in [6, 6.07) is 35.2. The predicted molar refractivity (Wildman–Crippen MR) is 151 cm³/mol. The first-order valence-electron chi connectivity index (χ1n) is 13.3. The number of hydrogen-bond acceptors (Lipinski definition) is 1. The molecule has 0 amide bonds. The highest BCUT2D eigenvalue weighted by molar-refractivity contribution is 5.84. The van der Waals surface area contributed by atoms with Crippen molar-refractivity contribution in [2.75, 3.05) is 6.61 Å². The summed E-state index contributed by atoms with van der Waals surface area (Å²) in [5, 5.41) is 0. The fraction of sp³-hybridized carbons (Fsp3) is 0.294. The van der Waals surface area contributed by atoms with Gasteiger partial charge in [-0.1, -0.05) is 124 Å². The van der Waals surface area contributed by atoms with E-state index >= 15 is 0 Å². The summed E-state index contributed by atoms with van der Waals surface area (Å²) in [6.45, 7) is 4.98. The van der Waals surface area contributed by atoms with Crippen LogP contribution in [0.2, 0.25) is 0 Å². The van der Waals surface area contributed by atoms with Crippen LogP contribution in [-0.4, -0.2) is 6.61 Å². The van der Waals surface area contributed by atoms with E-state index in [0.29, 0.717) is 6.61 Å². The van der Waals surface area contributed by atoms with Gasteiger partial charge >= 0.3 is 0 Å². The van der Waals surface area contributed by atoms with Crippen LogP contribution in [0.4, 0.5) is 0 Å². The second kappa shape index (κ2) is 13.0. The Labute approximate surface area is 211 Å². The number of ether oxygens (including phenoxy) is 1. The van der Waals surface area contributed by atoms with Gasteiger partial charge in [0.25, 0.3) is 0 Å². The second-order valence-corrected chi connectivity index (χ2v) is 9.30. The van der Waals surface area contributed by atoms with Crippen molar-refractivity contribution in [3.63, 3.8) is 0 Å². The van der Waals surface area contributed by atoms with Crippen molar-refractivity contribution >= 4 is 0 Å². The molecule has 0 atom stereocenters. The van der Waals surface area contributed by atoms with E-state index < -0.39 is 0 Å². The molecule has 0 aliphatic rings. The van der Waals surface area contributed by atoms with Gasteiger partial charge in [-0.05, 0) is 70.8 Å². The molecule has 4 aromatic rings. The maximum atomic E-state index is 5.58. The van der Waals surface area contributed by atoms with Gasteiger partial charge in [0.2, 0.25) is 0 Å². The summed E-state index contributed by atoms with van der Waals surface area (Å²) in [5.74, 6) is 0.918. The molecular weight excluding hydrogens is 424 g/mol. The van der Waals surface area contributed by atoms with E-state index in [4.69, 9.17) is 4.74 Å². The average molecular weight is 463 g/mol. The molecule has 0 spiro atoms. The quantitative estimate of drug-likeness (QED) is 0.190. The van der Waals surface area contributed by atoms with E-state index in [0.717, 1.165) is 12.2 Å². The third-order valence-corrected chi connectivity index (χ3v) is 6.68. The highest BCUT2D eigenvalue weighted by Gasteiger charge is 2.10. The van der Waals surface area contributed by atoms with Crippen LogP contribution in [0.1, 0.15) is 57.9 Å². The van der Waals surface area contributed by atoms with Crippen LogP contribution in [0.5, 0.6) is 5.75 Å². The van der Waals surface area contributed by atoms with E-state index in [1.807, 2.05) is 19.1 Å². The molecular formula is C34H38O. The lowest BCUT2D eigenvalue weighted by molar-refractivity contribution is 0.340. The van der Waals surface area contributed by atoms with Crippen molar-refractivity contribution in [1.29, 1.82) is 0 Å². The minimum atomic E-state index is 0.690. The van der Waals surface area contributed by atoms with Gasteiger partial charge in [0.1, 0.15) is 5.75 Å². The molecule has 0 bridgehead atoms. The maximum Gasteiger partial charge on any atom is 0.119 e. The van der Waals surface area contributed by atoms with E-state index in [-0.39, 0.29) is 0 Å². The first-order valence-corrected chi connectivity index (χ1v) is 13.3. The van der Waals surface area contributed by atoms with Crippen LogP contribution < -0.4 is 4.74 Å². The Morgan fingerprint density at radius 3 is 1.80 bits per heavy atom. The summed E-state index contributed by atoms with van der Waals surface area (Å²) in [7, 11) is 0. The van der Waals surface area contributed by atoms with Crippen molar-refractivity contribution in [1.82, 2.24) is 0 Å². The molecule has 0 saturated carbocycles. The van der Waals surface area contributed by atoms with Gasteiger partial charge in [0, 0.05) is 0 Å².